The quantitative estimate of drug-likeness (QED) is 0.660. The van der Waals surface area contributed by atoms with Gasteiger partial charge in [-0.25, -0.2) is 4.98 Å². The average Bonchev–Trinajstić information content (AvgIpc) is 3.05. The maximum absolute atomic E-state index is 12.5. The maximum atomic E-state index is 12.5. The fourth-order valence-electron chi connectivity index (χ4n) is 2.28. The van der Waals surface area contributed by atoms with Gasteiger partial charge in [0.2, 0.25) is 5.13 Å². The van der Waals surface area contributed by atoms with Crippen molar-refractivity contribution in [1.82, 2.24) is 19.7 Å². The van der Waals surface area contributed by atoms with E-state index in [2.05, 4.69) is 34.3 Å². The maximum Gasteiger partial charge on any atom is 0.283 e. The lowest BCUT2D eigenvalue weighted by Crippen LogP contribution is -2.23. The number of methoxy groups -OCH3 is 1. The SMILES string of the molecule is COc1ccccc1Nc1nnc(Sc2nccn(CC(C)C)c2=O)s1. The third kappa shape index (κ3) is 4.41. The van der Waals surface area contributed by atoms with Crippen LogP contribution < -0.4 is 15.6 Å². The lowest BCUT2D eigenvalue weighted by atomic mass is 10.2. The lowest BCUT2D eigenvalue weighted by Gasteiger charge is -2.08. The molecule has 0 saturated carbocycles. The first-order chi connectivity index (χ1) is 12.6. The van der Waals surface area contributed by atoms with Crippen LogP contribution in [0.1, 0.15) is 13.8 Å². The third-order valence-electron chi connectivity index (χ3n) is 3.38. The van der Waals surface area contributed by atoms with Gasteiger partial charge < -0.3 is 14.6 Å². The molecule has 9 heteroatoms. The Labute approximate surface area is 159 Å². The predicted octanol–water partition coefficient (Wildman–Crippen LogP) is 3.65. The smallest absolute Gasteiger partial charge is 0.283 e. The van der Waals surface area contributed by atoms with Gasteiger partial charge in [-0.15, -0.1) is 10.2 Å². The van der Waals surface area contributed by atoms with E-state index in [0.29, 0.717) is 27.0 Å². The van der Waals surface area contributed by atoms with E-state index >= 15 is 0 Å². The number of aromatic nitrogens is 4. The minimum atomic E-state index is -0.111. The van der Waals surface area contributed by atoms with Crippen LogP contribution in [0.15, 0.2) is 50.8 Å². The molecule has 0 unspecified atom stereocenters. The molecule has 0 bridgehead atoms. The van der Waals surface area contributed by atoms with Crippen molar-refractivity contribution in [2.45, 2.75) is 29.8 Å². The van der Waals surface area contributed by atoms with Gasteiger partial charge in [0.15, 0.2) is 9.37 Å². The number of anilines is 2. The molecule has 0 aliphatic heterocycles. The van der Waals surface area contributed by atoms with Gasteiger partial charge in [-0.1, -0.05) is 37.3 Å². The van der Waals surface area contributed by atoms with E-state index < -0.39 is 0 Å². The van der Waals surface area contributed by atoms with Crippen molar-refractivity contribution in [3.63, 3.8) is 0 Å². The van der Waals surface area contributed by atoms with Gasteiger partial charge in [-0.05, 0) is 29.8 Å². The summed E-state index contributed by atoms with van der Waals surface area (Å²) in [7, 11) is 1.62. The number of rotatable bonds is 7. The van der Waals surface area contributed by atoms with E-state index in [9.17, 15) is 4.79 Å². The number of benzene rings is 1. The first-order valence-electron chi connectivity index (χ1n) is 8.03. The van der Waals surface area contributed by atoms with Crippen LogP contribution in [0.5, 0.6) is 5.75 Å². The summed E-state index contributed by atoms with van der Waals surface area (Å²) < 4.78 is 7.64. The van der Waals surface area contributed by atoms with Crippen LogP contribution in [-0.4, -0.2) is 26.9 Å². The van der Waals surface area contributed by atoms with Crippen molar-refractivity contribution in [1.29, 1.82) is 0 Å². The summed E-state index contributed by atoms with van der Waals surface area (Å²) in [6, 6.07) is 7.57. The second kappa shape index (κ2) is 8.33. The average molecular weight is 390 g/mol. The number of hydrogen-bond acceptors (Lipinski definition) is 8. The zero-order valence-corrected chi connectivity index (χ0v) is 16.3. The Morgan fingerprint density at radius 2 is 2.12 bits per heavy atom. The Hall–Kier alpha value is -2.39. The van der Waals surface area contributed by atoms with Crippen molar-refractivity contribution in [3.05, 3.63) is 47.0 Å². The summed E-state index contributed by atoms with van der Waals surface area (Å²) >= 11 is 2.58. The standard InChI is InChI=1S/C17H19N5O2S2/c1-11(2)10-22-9-8-18-14(15(22)23)25-17-21-20-16(26-17)19-12-6-4-5-7-13(12)24-3/h4-9,11H,10H2,1-3H3,(H,19,20). The minimum Gasteiger partial charge on any atom is -0.495 e. The topological polar surface area (TPSA) is 81.9 Å². The summed E-state index contributed by atoms with van der Waals surface area (Å²) in [6.07, 6.45) is 3.35. The fourth-order valence-corrected chi connectivity index (χ4v) is 3.98. The van der Waals surface area contributed by atoms with Crippen LogP contribution in [0.2, 0.25) is 0 Å². The van der Waals surface area contributed by atoms with E-state index in [-0.39, 0.29) is 5.56 Å². The van der Waals surface area contributed by atoms with Crippen LogP contribution in [-0.2, 0) is 6.54 Å². The van der Waals surface area contributed by atoms with Gasteiger partial charge in [-0.2, -0.15) is 0 Å². The normalized spacial score (nSPS) is 10.9. The highest BCUT2D eigenvalue weighted by Gasteiger charge is 2.13. The molecule has 0 amide bonds. The predicted molar refractivity (Wildman–Crippen MR) is 104 cm³/mol. The highest BCUT2D eigenvalue weighted by molar-refractivity contribution is 8.01. The largest absolute Gasteiger partial charge is 0.495 e. The summed E-state index contributed by atoms with van der Waals surface area (Å²) in [5.74, 6) is 1.10. The molecule has 3 rings (SSSR count). The Balaban J connectivity index is 1.76. The molecule has 0 fully saturated rings. The van der Waals surface area contributed by atoms with E-state index in [1.807, 2.05) is 24.3 Å². The molecule has 3 aromatic rings. The Bertz CT molecular complexity index is 939. The molecule has 0 aliphatic rings. The van der Waals surface area contributed by atoms with Crippen LogP contribution in [0.25, 0.3) is 0 Å². The van der Waals surface area contributed by atoms with E-state index in [4.69, 9.17) is 4.74 Å². The van der Waals surface area contributed by atoms with Gasteiger partial charge in [0.25, 0.3) is 5.56 Å². The van der Waals surface area contributed by atoms with Gasteiger partial charge in [0.1, 0.15) is 5.75 Å². The number of nitrogens with zero attached hydrogens (tertiary/aromatic N) is 4. The van der Waals surface area contributed by atoms with Crippen molar-refractivity contribution in [3.8, 4) is 5.75 Å². The molecule has 0 spiro atoms. The van der Waals surface area contributed by atoms with Crippen LogP contribution in [0, 0.1) is 5.92 Å². The monoisotopic (exact) mass is 389 g/mol. The number of nitrogens with one attached hydrogen (secondary N) is 1. The third-order valence-corrected chi connectivity index (χ3v) is 5.25. The van der Waals surface area contributed by atoms with Crippen LogP contribution >= 0.6 is 23.1 Å². The first-order valence-corrected chi connectivity index (χ1v) is 9.67. The van der Waals surface area contributed by atoms with Crippen LogP contribution in [0.4, 0.5) is 10.8 Å². The molecule has 1 N–H and O–H groups in total. The molecular weight excluding hydrogens is 370 g/mol. The van der Waals surface area contributed by atoms with Crippen molar-refractivity contribution in [2.75, 3.05) is 12.4 Å². The van der Waals surface area contributed by atoms with Gasteiger partial charge in [0.05, 0.1) is 12.8 Å². The highest BCUT2D eigenvalue weighted by atomic mass is 32.2. The second-order valence-corrected chi connectivity index (χ2v) is 8.10. The van der Waals surface area contributed by atoms with E-state index in [1.165, 1.54) is 23.1 Å². The first kappa shape index (κ1) is 18.4. The Morgan fingerprint density at radius 1 is 1.31 bits per heavy atom. The molecule has 26 heavy (non-hydrogen) atoms. The molecule has 0 atom stereocenters. The molecule has 2 heterocycles. The summed E-state index contributed by atoms with van der Waals surface area (Å²) in [5, 5.41) is 12.5. The van der Waals surface area contributed by atoms with E-state index in [1.54, 1.807) is 24.1 Å². The van der Waals surface area contributed by atoms with Crippen LogP contribution in [0.3, 0.4) is 0 Å². The molecular formula is C17H19N5O2S2. The van der Waals surface area contributed by atoms with Crippen molar-refractivity contribution in [2.24, 2.45) is 5.92 Å². The Morgan fingerprint density at radius 3 is 2.88 bits per heavy atom. The van der Waals surface area contributed by atoms with Gasteiger partial charge in [-0.3, -0.25) is 4.79 Å². The van der Waals surface area contributed by atoms with Gasteiger partial charge >= 0.3 is 0 Å². The zero-order chi connectivity index (χ0) is 18.5. The molecule has 0 aliphatic carbocycles. The summed E-state index contributed by atoms with van der Waals surface area (Å²) in [6.45, 7) is 4.80. The molecule has 7 nitrogen and oxygen atoms in total. The van der Waals surface area contributed by atoms with Gasteiger partial charge in [0, 0.05) is 18.9 Å². The summed E-state index contributed by atoms with van der Waals surface area (Å²) in [5.41, 5.74) is 0.695. The highest BCUT2D eigenvalue weighted by Crippen LogP contribution is 2.33. The van der Waals surface area contributed by atoms with E-state index in [0.717, 1.165) is 11.4 Å². The lowest BCUT2D eigenvalue weighted by molar-refractivity contribution is 0.417. The number of ether oxygens (including phenoxy) is 1. The Kier molecular flexibility index (Phi) is 5.89. The fraction of sp³-hybridized carbons (Fsp3) is 0.294. The van der Waals surface area contributed by atoms with Crippen molar-refractivity contribution >= 4 is 33.9 Å². The molecule has 136 valence electrons. The minimum absolute atomic E-state index is 0.111. The zero-order valence-electron chi connectivity index (χ0n) is 14.7. The molecule has 0 saturated heterocycles. The van der Waals surface area contributed by atoms with Crippen molar-refractivity contribution < 1.29 is 4.74 Å². The number of hydrogen-bond donors (Lipinski definition) is 1. The number of para-hydroxylation sites is 2. The molecule has 2 aromatic heterocycles. The molecule has 1 aromatic carbocycles. The summed E-state index contributed by atoms with van der Waals surface area (Å²) in [4.78, 5) is 16.7. The second-order valence-electron chi connectivity index (χ2n) is 5.88. The molecule has 0 radical (unpaired) electrons.